The van der Waals surface area contributed by atoms with Gasteiger partial charge in [-0.05, 0) is 21.5 Å². The Balaban J connectivity index is 2.09. The van der Waals surface area contributed by atoms with Crippen molar-refractivity contribution in [1.29, 1.82) is 0 Å². The Kier molecular flexibility index (Phi) is 3.98. The van der Waals surface area contributed by atoms with E-state index in [1.54, 1.807) is 19.4 Å². The predicted molar refractivity (Wildman–Crippen MR) is 69.3 cm³/mol. The summed E-state index contributed by atoms with van der Waals surface area (Å²) < 4.78 is 11.6. The van der Waals surface area contributed by atoms with E-state index in [1.807, 2.05) is 30.3 Å². The van der Waals surface area contributed by atoms with Gasteiger partial charge in [-0.3, -0.25) is 0 Å². The molecule has 0 spiro atoms. The van der Waals surface area contributed by atoms with Gasteiger partial charge in [0.2, 0.25) is 0 Å². The third kappa shape index (κ3) is 3.20. The van der Waals surface area contributed by atoms with Crippen LogP contribution in [0.25, 0.3) is 0 Å². The highest BCUT2D eigenvalue weighted by molar-refractivity contribution is 9.10. The zero-order valence-electron chi connectivity index (χ0n) is 9.39. The Hall–Kier alpha value is -1.55. The van der Waals surface area contributed by atoms with Gasteiger partial charge in [0.05, 0.1) is 13.3 Å². The van der Waals surface area contributed by atoms with Crippen molar-refractivity contribution >= 4 is 15.9 Å². The first-order valence-corrected chi connectivity index (χ1v) is 5.95. The maximum absolute atomic E-state index is 5.66. The molecule has 0 aliphatic heterocycles. The molecule has 0 aliphatic carbocycles. The van der Waals surface area contributed by atoms with Gasteiger partial charge in [-0.15, -0.1) is 0 Å². The summed E-state index contributed by atoms with van der Waals surface area (Å²) in [5, 5.41) is 0. The fourth-order valence-corrected chi connectivity index (χ4v) is 1.71. The minimum absolute atomic E-state index is 0.501. The van der Waals surface area contributed by atoms with E-state index >= 15 is 0 Å². The SMILES string of the molecule is COc1cc(Br)ncc1OCc1ccccc1. The van der Waals surface area contributed by atoms with Crippen molar-refractivity contribution in [1.82, 2.24) is 4.98 Å². The second-order valence-electron chi connectivity index (χ2n) is 3.43. The molecule has 1 aromatic carbocycles. The van der Waals surface area contributed by atoms with E-state index in [9.17, 15) is 0 Å². The smallest absolute Gasteiger partial charge is 0.179 e. The van der Waals surface area contributed by atoms with Crippen molar-refractivity contribution in [2.75, 3.05) is 7.11 Å². The minimum atomic E-state index is 0.501. The molecule has 0 N–H and O–H groups in total. The number of ether oxygens (including phenoxy) is 2. The summed E-state index contributed by atoms with van der Waals surface area (Å²) in [4.78, 5) is 4.11. The molecule has 0 aliphatic rings. The highest BCUT2D eigenvalue weighted by Gasteiger charge is 2.05. The number of benzene rings is 1. The van der Waals surface area contributed by atoms with Crippen molar-refractivity contribution in [3.8, 4) is 11.5 Å². The van der Waals surface area contributed by atoms with Crippen LogP contribution in [0.5, 0.6) is 11.5 Å². The van der Waals surface area contributed by atoms with Crippen LogP contribution in [0.15, 0.2) is 47.2 Å². The topological polar surface area (TPSA) is 31.4 Å². The molecule has 3 nitrogen and oxygen atoms in total. The van der Waals surface area contributed by atoms with Crippen molar-refractivity contribution in [2.45, 2.75) is 6.61 Å². The third-order valence-corrected chi connectivity index (χ3v) is 2.69. The molecular weight excluding hydrogens is 282 g/mol. The van der Waals surface area contributed by atoms with Crippen LogP contribution in [0.4, 0.5) is 0 Å². The Morgan fingerprint density at radius 3 is 2.65 bits per heavy atom. The first-order valence-electron chi connectivity index (χ1n) is 5.16. The van der Waals surface area contributed by atoms with Gasteiger partial charge >= 0.3 is 0 Å². The quantitative estimate of drug-likeness (QED) is 0.810. The van der Waals surface area contributed by atoms with E-state index in [2.05, 4.69) is 20.9 Å². The lowest BCUT2D eigenvalue weighted by Gasteiger charge is -2.10. The maximum atomic E-state index is 5.66. The van der Waals surface area contributed by atoms with Crippen LogP contribution in [0.1, 0.15) is 5.56 Å². The average molecular weight is 294 g/mol. The number of aromatic nitrogens is 1. The highest BCUT2D eigenvalue weighted by atomic mass is 79.9. The van der Waals surface area contributed by atoms with Gasteiger partial charge in [-0.25, -0.2) is 4.98 Å². The molecule has 88 valence electrons. The minimum Gasteiger partial charge on any atom is -0.493 e. The summed E-state index contributed by atoms with van der Waals surface area (Å²) in [6.45, 7) is 0.501. The number of methoxy groups -OCH3 is 1. The largest absolute Gasteiger partial charge is 0.493 e. The third-order valence-electron chi connectivity index (χ3n) is 2.26. The lowest BCUT2D eigenvalue weighted by Crippen LogP contribution is -1.98. The van der Waals surface area contributed by atoms with E-state index in [0.29, 0.717) is 18.1 Å². The summed E-state index contributed by atoms with van der Waals surface area (Å²) in [5.41, 5.74) is 1.11. The standard InChI is InChI=1S/C13H12BrNO2/c1-16-11-7-13(14)15-8-12(11)17-9-10-5-3-2-4-6-10/h2-8H,9H2,1H3. The molecule has 17 heavy (non-hydrogen) atoms. The fourth-order valence-electron chi connectivity index (χ4n) is 1.40. The molecule has 2 aromatic rings. The Morgan fingerprint density at radius 2 is 1.94 bits per heavy atom. The van der Waals surface area contributed by atoms with Crippen molar-refractivity contribution in [3.63, 3.8) is 0 Å². The van der Waals surface area contributed by atoms with Crippen LogP contribution in [-0.2, 0) is 6.61 Å². The number of pyridine rings is 1. The second-order valence-corrected chi connectivity index (χ2v) is 4.24. The lowest BCUT2D eigenvalue weighted by molar-refractivity contribution is 0.283. The molecule has 1 aromatic heterocycles. The van der Waals surface area contributed by atoms with Crippen molar-refractivity contribution < 1.29 is 9.47 Å². The molecule has 0 atom stereocenters. The van der Waals surface area contributed by atoms with E-state index in [1.165, 1.54) is 0 Å². The molecule has 4 heteroatoms. The summed E-state index contributed by atoms with van der Waals surface area (Å²) in [5.74, 6) is 1.31. The Labute approximate surface area is 109 Å². The Morgan fingerprint density at radius 1 is 1.18 bits per heavy atom. The number of hydrogen-bond donors (Lipinski definition) is 0. The number of hydrogen-bond acceptors (Lipinski definition) is 3. The van der Waals surface area contributed by atoms with Gasteiger partial charge in [0.25, 0.3) is 0 Å². The van der Waals surface area contributed by atoms with Crippen LogP contribution in [0, 0.1) is 0 Å². The summed E-state index contributed by atoms with van der Waals surface area (Å²) in [7, 11) is 1.61. The zero-order chi connectivity index (χ0) is 12.1. The van der Waals surface area contributed by atoms with E-state index in [0.717, 1.165) is 10.2 Å². The molecule has 0 amide bonds. The average Bonchev–Trinajstić information content (AvgIpc) is 2.38. The molecule has 0 fully saturated rings. The molecule has 1 heterocycles. The number of rotatable bonds is 4. The summed E-state index contributed by atoms with van der Waals surface area (Å²) >= 11 is 3.29. The molecule has 0 saturated heterocycles. The van der Waals surface area contributed by atoms with Crippen LogP contribution >= 0.6 is 15.9 Å². The normalized spacial score (nSPS) is 10.0. The first kappa shape index (κ1) is 11.9. The highest BCUT2D eigenvalue weighted by Crippen LogP contribution is 2.28. The van der Waals surface area contributed by atoms with Gasteiger partial charge < -0.3 is 9.47 Å². The van der Waals surface area contributed by atoms with Crippen LogP contribution < -0.4 is 9.47 Å². The molecule has 0 radical (unpaired) electrons. The predicted octanol–water partition coefficient (Wildman–Crippen LogP) is 3.43. The lowest BCUT2D eigenvalue weighted by atomic mass is 10.2. The summed E-state index contributed by atoms with van der Waals surface area (Å²) in [6.07, 6.45) is 1.64. The summed E-state index contributed by atoms with van der Waals surface area (Å²) in [6, 6.07) is 11.7. The number of halogens is 1. The van der Waals surface area contributed by atoms with E-state index in [4.69, 9.17) is 9.47 Å². The van der Waals surface area contributed by atoms with Gasteiger partial charge in [-0.2, -0.15) is 0 Å². The van der Waals surface area contributed by atoms with E-state index < -0.39 is 0 Å². The van der Waals surface area contributed by atoms with Gasteiger partial charge in [0.1, 0.15) is 11.2 Å². The first-order chi connectivity index (χ1) is 8.29. The molecule has 2 rings (SSSR count). The maximum Gasteiger partial charge on any atom is 0.179 e. The molecule has 0 saturated carbocycles. The molecule has 0 unspecified atom stereocenters. The monoisotopic (exact) mass is 293 g/mol. The zero-order valence-corrected chi connectivity index (χ0v) is 11.0. The van der Waals surface area contributed by atoms with Gasteiger partial charge in [-0.1, -0.05) is 30.3 Å². The van der Waals surface area contributed by atoms with Crippen molar-refractivity contribution in [2.24, 2.45) is 0 Å². The van der Waals surface area contributed by atoms with Crippen LogP contribution in [0.2, 0.25) is 0 Å². The number of nitrogens with zero attached hydrogens (tertiary/aromatic N) is 1. The van der Waals surface area contributed by atoms with Gasteiger partial charge in [0.15, 0.2) is 11.5 Å². The molecule has 0 bridgehead atoms. The van der Waals surface area contributed by atoms with Crippen molar-refractivity contribution in [3.05, 3.63) is 52.8 Å². The Bertz CT molecular complexity index is 488. The van der Waals surface area contributed by atoms with Crippen LogP contribution in [0.3, 0.4) is 0 Å². The second kappa shape index (κ2) is 5.68. The molecular formula is C13H12BrNO2. The van der Waals surface area contributed by atoms with E-state index in [-0.39, 0.29) is 0 Å². The fraction of sp³-hybridized carbons (Fsp3) is 0.154. The van der Waals surface area contributed by atoms with Gasteiger partial charge in [0, 0.05) is 6.07 Å². The van der Waals surface area contributed by atoms with Crippen LogP contribution in [-0.4, -0.2) is 12.1 Å².